The number of carbonyl (C=O) groups is 1. The van der Waals surface area contributed by atoms with Crippen molar-refractivity contribution >= 4 is 13.6 Å². The smallest absolute Gasteiger partial charge is 0.396 e. The normalized spacial score (nSPS) is 11.7. The van der Waals surface area contributed by atoms with Crippen LogP contribution in [0.4, 0.5) is 0 Å². The van der Waals surface area contributed by atoms with E-state index >= 15 is 0 Å². The summed E-state index contributed by atoms with van der Waals surface area (Å²) in [4.78, 5) is 12.0. The van der Waals surface area contributed by atoms with E-state index in [1.54, 1.807) is 58.0 Å². The third kappa shape index (κ3) is 5.46. The molecule has 0 aliphatic heterocycles. The van der Waals surface area contributed by atoms with Gasteiger partial charge in [-0.05, 0) is 46.4 Å². The number of ether oxygens (including phenoxy) is 1. The lowest BCUT2D eigenvalue weighted by Crippen LogP contribution is -2.12. The van der Waals surface area contributed by atoms with Crippen LogP contribution in [0.3, 0.4) is 0 Å². The van der Waals surface area contributed by atoms with E-state index in [2.05, 4.69) is 6.58 Å². The number of carbonyl (C=O) groups excluding carboxylic acids is 1. The third-order valence-electron chi connectivity index (χ3n) is 2.22. The summed E-state index contributed by atoms with van der Waals surface area (Å²) in [6.07, 6.45) is -0.719. The Bertz CT molecular complexity index is 522. The minimum atomic E-state index is -3.73. The van der Waals surface area contributed by atoms with Crippen molar-refractivity contribution in [3.8, 4) is 0 Å². The molecule has 21 heavy (non-hydrogen) atoms. The molecule has 1 aromatic carbocycles. The van der Waals surface area contributed by atoms with Gasteiger partial charge in [-0.3, -0.25) is 4.57 Å². The minimum absolute atomic E-state index is 0.307. The standard InChI is InChI=1S/C15H21O5P/c1-11(2)19-21(17,20-12(3)4)13(5)18-15(16)14-9-7-6-8-10-14/h6-12H,5H2,1-4H3. The van der Waals surface area contributed by atoms with Gasteiger partial charge >= 0.3 is 13.6 Å². The van der Waals surface area contributed by atoms with E-state index in [9.17, 15) is 9.36 Å². The monoisotopic (exact) mass is 312 g/mol. The molecular formula is C15H21O5P. The van der Waals surface area contributed by atoms with Gasteiger partial charge in [0, 0.05) is 0 Å². The fourth-order valence-corrected chi connectivity index (χ4v) is 3.08. The second-order valence-electron chi connectivity index (χ2n) is 4.96. The van der Waals surface area contributed by atoms with Crippen LogP contribution < -0.4 is 0 Å². The van der Waals surface area contributed by atoms with Crippen LogP contribution in [-0.4, -0.2) is 18.2 Å². The summed E-state index contributed by atoms with van der Waals surface area (Å²) >= 11 is 0. The third-order valence-corrected chi connectivity index (χ3v) is 4.33. The molecule has 116 valence electrons. The molecule has 0 spiro atoms. The van der Waals surface area contributed by atoms with Crippen LogP contribution in [0.15, 0.2) is 42.4 Å². The van der Waals surface area contributed by atoms with Gasteiger partial charge in [0.05, 0.1) is 17.8 Å². The maximum Gasteiger partial charge on any atom is 0.396 e. The van der Waals surface area contributed by atoms with Crippen molar-refractivity contribution in [2.24, 2.45) is 0 Å². The Labute approximate surface area is 125 Å². The molecule has 0 bridgehead atoms. The lowest BCUT2D eigenvalue weighted by atomic mass is 10.2. The highest BCUT2D eigenvalue weighted by Crippen LogP contribution is 2.57. The molecule has 0 fully saturated rings. The van der Waals surface area contributed by atoms with Crippen molar-refractivity contribution in [3.63, 3.8) is 0 Å². The number of hydrogen-bond donors (Lipinski definition) is 0. The van der Waals surface area contributed by atoms with Crippen LogP contribution in [0.2, 0.25) is 0 Å². The molecule has 0 saturated carbocycles. The number of rotatable bonds is 7. The molecule has 0 aliphatic rings. The fourth-order valence-electron chi connectivity index (χ4n) is 1.49. The molecule has 0 saturated heterocycles. The van der Waals surface area contributed by atoms with Crippen molar-refractivity contribution in [2.45, 2.75) is 39.9 Å². The van der Waals surface area contributed by atoms with E-state index in [0.29, 0.717) is 5.56 Å². The zero-order chi connectivity index (χ0) is 16.0. The lowest BCUT2D eigenvalue weighted by Gasteiger charge is -2.23. The Morgan fingerprint density at radius 1 is 1.05 bits per heavy atom. The van der Waals surface area contributed by atoms with Gasteiger partial charge in [0.2, 0.25) is 5.50 Å². The van der Waals surface area contributed by atoms with Crippen LogP contribution in [0.25, 0.3) is 0 Å². The molecule has 0 aromatic heterocycles. The lowest BCUT2D eigenvalue weighted by molar-refractivity contribution is 0.0610. The molecule has 0 atom stereocenters. The molecule has 0 N–H and O–H groups in total. The van der Waals surface area contributed by atoms with Crippen molar-refractivity contribution in [1.29, 1.82) is 0 Å². The van der Waals surface area contributed by atoms with Gasteiger partial charge in [0.1, 0.15) is 0 Å². The highest BCUT2D eigenvalue weighted by atomic mass is 31.2. The van der Waals surface area contributed by atoms with E-state index in [1.807, 2.05) is 0 Å². The Morgan fingerprint density at radius 2 is 1.52 bits per heavy atom. The first kappa shape index (κ1) is 17.6. The molecule has 0 unspecified atom stereocenters. The van der Waals surface area contributed by atoms with E-state index < -0.39 is 13.6 Å². The van der Waals surface area contributed by atoms with Crippen molar-refractivity contribution in [1.82, 2.24) is 0 Å². The average molecular weight is 312 g/mol. The van der Waals surface area contributed by atoms with E-state index in [4.69, 9.17) is 13.8 Å². The summed E-state index contributed by atoms with van der Waals surface area (Å²) in [5.41, 5.74) is 0.0260. The Morgan fingerprint density at radius 3 is 1.95 bits per heavy atom. The summed E-state index contributed by atoms with van der Waals surface area (Å²) in [6.45, 7) is 10.4. The molecule has 0 amide bonds. The SMILES string of the molecule is C=C(OC(=O)c1ccccc1)P(=O)(OC(C)C)OC(C)C. The Hall–Kier alpha value is -1.42. The fraction of sp³-hybridized carbons (Fsp3) is 0.400. The summed E-state index contributed by atoms with van der Waals surface area (Å²) in [5, 5.41) is 0. The molecule has 1 aromatic rings. The highest BCUT2D eigenvalue weighted by Gasteiger charge is 2.35. The highest BCUT2D eigenvalue weighted by molar-refractivity contribution is 7.58. The number of benzene rings is 1. The van der Waals surface area contributed by atoms with Crippen LogP contribution in [0.5, 0.6) is 0 Å². The molecule has 0 radical (unpaired) electrons. The van der Waals surface area contributed by atoms with Crippen molar-refractivity contribution in [2.75, 3.05) is 0 Å². The zero-order valence-electron chi connectivity index (χ0n) is 12.7. The first-order valence-corrected chi connectivity index (χ1v) is 8.22. The molecule has 5 nitrogen and oxygen atoms in total. The molecular weight excluding hydrogens is 291 g/mol. The first-order valence-electron chi connectivity index (χ1n) is 6.68. The predicted molar refractivity (Wildman–Crippen MR) is 81.0 cm³/mol. The molecule has 6 heteroatoms. The maximum absolute atomic E-state index is 12.7. The summed E-state index contributed by atoms with van der Waals surface area (Å²) < 4.78 is 28.3. The van der Waals surface area contributed by atoms with Gasteiger partial charge in [-0.25, -0.2) is 4.79 Å². The van der Waals surface area contributed by atoms with Gasteiger partial charge in [-0.2, -0.15) is 0 Å². The average Bonchev–Trinajstić information content (AvgIpc) is 2.37. The van der Waals surface area contributed by atoms with E-state index in [0.717, 1.165) is 0 Å². The number of esters is 1. The second kappa shape index (κ2) is 7.55. The topological polar surface area (TPSA) is 61.8 Å². The molecule has 1 rings (SSSR count). The summed E-state index contributed by atoms with van der Waals surface area (Å²) in [5.74, 6) is -0.652. The van der Waals surface area contributed by atoms with Crippen LogP contribution in [0.1, 0.15) is 38.1 Å². The van der Waals surface area contributed by atoms with Gasteiger partial charge < -0.3 is 13.8 Å². The molecule has 0 aliphatic carbocycles. The Kier molecular flexibility index (Phi) is 6.34. The largest absolute Gasteiger partial charge is 0.415 e. The second-order valence-corrected chi connectivity index (χ2v) is 6.87. The zero-order valence-corrected chi connectivity index (χ0v) is 13.6. The molecule has 0 heterocycles. The number of hydrogen-bond acceptors (Lipinski definition) is 5. The van der Waals surface area contributed by atoms with Gasteiger partial charge in [-0.15, -0.1) is 0 Å². The van der Waals surface area contributed by atoms with Crippen LogP contribution in [0, 0.1) is 0 Å². The van der Waals surface area contributed by atoms with Crippen molar-refractivity contribution < 1.29 is 23.1 Å². The maximum atomic E-state index is 12.7. The van der Waals surface area contributed by atoms with Crippen LogP contribution >= 0.6 is 7.60 Å². The first-order chi connectivity index (χ1) is 9.74. The van der Waals surface area contributed by atoms with E-state index in [-0.39, 0.29) is 17.7 Å². The summed E-state index contributed by atoms with van der Waals surface area (Å²) in [6, 6.07) is 8.36. The van der Waals surface area contributed by atoms with Gasteiger partial charge in [-0.1, -0.05) is 18.2 Å². The van der Waals surface area contributed by atoms with Crippen molar-refractivity contribution in [3.05, 3.63) is 48.0 Å². The van der Waals surface area contributed by atoms with Crippen LogP contribution in [-0.2, 0) is 18.3 Å². The quantitative estimate of drug-likeness (QED) is 0.425. The van der Waals surface area contributed by atoms with Gasteiger partial charge in [0.15, 0.2) is 0 Å². The predicted octanol–water partition coefficient (Wildman–Crippen LogP) is 4.36. The van der Waals surface area contributed by atoms with Gasteiger partial charge in [0.25, 0.3) is 0 Å². The Balaban J connectivity index is 2.86. The minimum Gasteiger partial charge on any atom is -0.415 e. The summed E-state index contributed by atoms with van der Waals surface area (Å²) in [7, 11) is -3.73. The van der Waals surface area contributed by atoms with E-state index in [1.165, 1.54) is 0 Å².